The molecule has 0 aliphatic heterocycles. The number of aromatic nitrogens is 4. The summed E-state index contributed by atoms with van der Waals surface area (Å²) in [6, 6.07) is 10.0. The second-order valence-electron chi connectivity index (χ2n) is 6.96. The van der Waals surface area contributed by atoms with E-state index in [-0.39, 0.29) is 28.9 Å². The van der Waals surface area contributed by atoms with Crippen LogP contribution in [0.3, 0.4) is 0 Å². The van der Waals surface area contributed by atoms with Crippen LogP contribution in [-0.2, 0) is 17.9 Å². The number of carbonyl (C=O) groups is 2. The zero-order valence-corrected chi connectivity index (χ0v) is 17.9. The van der Waals surface area contributed by atoms with Gasteiger partial charge < -0.3 is 14.4 Å². The van der Waals surface area contributed by atoms with E-state index in [9.17, 15) is 19.5 Å². The molecule has 164 valence electrons. The van der Waals surface area contributed by atoms with Crippen LogP contribution in [0.4, 0.5) is 0 Å². The fourth-order valence-electron chi connectivity index (χ4n) is 3.27. The van der Waals surface area contributed by atoms with Gasteiger partial charge in [-0.2, -0.15) is 5.10 Å². The summed E-state index contributed by atoms with van der Waals surface area (Å²) in [4.78, 5) is 39.8. The van der Waals surface area contributed by atoms with E-state index in [0.29, 0.717) is 18.9 Å². The first-order valence-corrected chi connectivity index (χ1v) is 10.7. The van der Waals surface area contributed by atoms with E-state index in [4.69, 9.17) is 4.42 Å². The van der Waals surface area contributed by atoms with Crippen LogP contribution in [0.25, 0.3) is 21.5 Å². The average molecular weight is 453 g/mol. The van der Waals surface area contributed by atoms with Gasteiger partial charge >= 0.3 is 5.97 Å². The van der Waals surface area contributed by atoms with E-state index in [1.54, 1.807) is 12.1 Å². The number of benzene rings is 1. The highest BCUT2D eigenvalue weighted by atomic mass is 32.1. The molecule has 4 aromatic rings. The SMILES string of the molecule is CCCN(Cc1nnc(-c2cccs2)o1)C(=O)Cn1nc(C(=O)O)c2ccccc2c1=O. The molecule has 0 aliphatic carbocycles. The van der Waals surface area contributed by atoms with Crippen molar-refractivity contribution in [2.24, 2.45) is 0 Å². The van der Waals surface area contributed by atoms with Gasteiger partial charge in [0.1, 0.15) is 6.54 Å². The van der Waals surface area contributed by atoms with Crippen LogP contribution in [0.15, 0.2) is 51.0 Å². The quantitative estimate of drug-likeness (QED) is 0.431. The number of carboxylic acids is 1. The first-order chi connectivity index (χ1) is 15.5. The fraction of sp³-hybridized carbons (Fsp3) is 0.238. The molecular weight excluding hydrogens is 434 g/mol. The molecule has 4 rings (SSSR count). The van der Waals surface area contributed by atoms with Gasteiger partial charge in [-0.1, -0.05) is 31.2 Å². The van der Waals surface area contributed by atoms with E-state index >= 15 is 0 Å². The zero-order chi connectivity index (χ0) is 22.7. The van der Waals surface area contributed by atoms with Gasteiger partial charge in [-0.25, -0.2) is 9.48 Å². The Bertz CT molecular complexity index is 1330. The van der Waals surface area contributed by atoms with E-state index in [1.165, 1.54) is 28.4 Å². The maximum Gasteiger partial charge on any atom is 0.357 e. The number of thiophene rings is 1. The van der Waals surface area contributed by atoms with Gasteiger partial charge in [0.15, 0.2) is 5.69 Å². The third kappa shape index (κ3) is 4.28. The van der Waals surface area contributed by atoms with Crippen LogP contribution in [0, 0.1) is 0 Å². The Kier molecular flexibility index (Phi) is 6.08. The lowest BCUT2D eigenvalue weighted by Crippen LogP contribution is -2.38. The Balaban J connectivity index is 1.60. The van der Waals surface area contributed by atoms with Crippen LogP contribution in [0.1, 0.15) is 29.7 Å². The molecule has 0 spiro atoms. The lowest BCUT2D eigenvalue weighted by atomic mass is 10.1. The molecule has 0 atom stereocenters. The maximum atomic E-state index is 13.0. The van der Waals surface area contributed by atoms with Crippen LogP contribution >= 0.6 is 11.3 Å². The lowest BCUT2D eigenvalue weighted by Gasteiger charge is -2.20. The highest BCUT2D eigenvalue weighted by Crippen LogP contribution is 2.23. The van der Waals surface area contributed by atoms with Crippen molar-refractivity contribution in [2.45, 2.75) is 26.4 Å². The topological polar surface area (TPSA) is 131 Å². The van der Waals surface area contributed by atoms with Crippen molar-refractivity contribution in [3.05, 3.63) is 63.7 Å². The summed E-state index contributed by atoms with van der Waals surface area (Å²) in [6.07, 6.45) is 0.665. The summed E-state index contributed by atoms with van der Waals surface area (Å²) >= 11 is 1.46. The Morgan fingerprint density at radius 3 is 2.62 bits per heavy atom. The molecule has 0 saturated heterocycles. The summed E-state index contributed by atoms with van der Waals surface area (Å²) in [5.41, 5.74) is -0.819. The van der Waals surface area contributed by atoms with Crippen molar-refractivity contribution < 1.29 is 19.1 Å². The molecule has 0 fully saturated rings. The van der Waals surface area contributed by atoms with Gasteiger partial charge in [-0.05, 0) is 23.9 Å². The number of hydrogen-bond donors (Lipinski definition) is 1. The third-order valence-corrected chi connectivity index (χ3v) is 5.58. The summed E-state index contributed by atoms with van der Waals surface area (Å²) in [6.45, 7) is 1.97. The van der Waals surface area contributed by atoms with E-state index in [2.05, 4.69) is 15.3 Å². The fourth-order valence-corrected chi connectivity index (χ4v) is 3.92. The average Bonchev–Trinajstić information content (AvgIpc) is 3.47. The molecule has 11 heteroatoms. The van der Waals surface area contributed by atoms with Gasteiger partial charge in [-0.3, -0.25) is 9.59 Å². The predicted molar refractivity (Wildman–Crippen MR) is 116 cm³/mol. The van der Waals surface area contributed by atoms with Crippen LogP contribution in [-0.4, -0.2) is 48.4 Å². The first-order valence-electron chi connectivity index (χ1n) is 9.85. The van der Waals surface area contributed by atoms with Crippen LogP contribution in [0.2, 0.25) is 0 Å². The molecule has 3 heterocycles. The molecule has 3 aromatic heterocycles. The van der Waals surface area contributed by atoms with Gasteiger partial charge in [0.2, 0.25) is 11.8 Å². The first kappa shape index (κ1) is 21.4. The lowest BCUT2D eigenvalue weighted by molar-refractivity contribution is -0.133. The smallest absolute Gasteiger partial charge is 0.357 e. The predicted octanol–water partition coefficient (Wildman–Crippen LogP) is 2.65. The summed E-state index contributed by atoms with van der Waals surface area (Å²) in [5, 5.41) is 23.8. The number of nitrogens with zero attached hydrogens (tertiary/aromatic N) is 5. The number of rotatable bonds is 8. The maximum absolute atomic E-state index is 13.0. The molecule has 1 aromatic carbocycles. The minimum Gasteiger partial charge on any atom is -0.476 e. The largest absolute Gasteiger partial charge is 0.476 e. The standard InChI is InChI=1S/C21H19N5O5S/c1-2-9-25(11-16-22-23-19(31-16)15-8-5-10-32-15)17(27)12-26-20(28)14-7-4-3-6-13(14)18(24-26)21(29)30/h3-8,10H,2,9,11-12H2,1H3,(H,29,30). The van der Waals surface area contributed by atoms with Crippen molar-refractivity contribution in [2.75, 3.05) is 6.54 Å². The number of carbonyl (C=O) groups excluding carboxylic acids is 1. The molecule has 0 aliphatic rings. The van der Waals surface area contributed by atoms with Crippen molar-refractivity contribution in [3.8, 4) is 10.8 Å². The second kappa shape index (κ2) is 9.10. The van der Waals surface area contributed by atoms with Crippen molar-refractivity contribution in [1.82, 2.24) is 24.9 Å². The minimum atomic E-state index is -1.28. The number of fused-ring (bicyclic) bond motifs is 1. The van der Waals surface area contributed by atoms with Gasteiger partial charge in [-0.15, -0.1) is 21.5 Å². The molecule has 32 heavy (non-hydrogen) atoms. The molecular formula is C21H19N5O5S. The molecule has 10 nitrogen and oxygen atoms in total. The second-order valence-corrected chi connectivity index (χ2v) is 7.90. The highest BCUT2D eigenvalue weighted by molar-refractivity contribution is 7.13. The number of carboxylic acid groups (broad SMARTS) is 1. The monoisotopic (exact) mass is 453 g/mol. The Morgan fingerprint density at radius 1 is 1.16 bits per heavy atom. The van der Waals surface area contributed by atoms with E-state index < -0.39 is 24.0 Å². The van der Waals surface area contributed by atoms with E-state index in [0.717, 1.165) is 9.56 Å². The number of aromatic carboxylic acids is 1. The summed E-state index contributed by atoms with van der Waals surface area (Å²) in [5.74, 6) is -1.05. The van der Waals surface area contributed by atoms with Gasteiger partial charge in [0, 0.05) is 11.9 Å². The number of amides is 1. The van der Waals surface area contributed by atoms with Crippen molar-refractivity contribution >= 4 is 34.0 Å². The Hall–Kier alpha value is -3.86. The van der Waals surface area contributed by atoms with Crippen molar-refractivity contribution in [3.63, 3.8) is 0 Å². The summed E-state index contributed by atoms with van der Waals surface area (Å²) < 4.78 is 6.56. The van der Waals surface area contributed by atoms with Gasteiger partial charge in [0.05, 0.1) is 16.8 Å². The molecule has 0 radical (unpaired) electrons. The van der Waals surface area contributed by atoms with Crippen LogP contribution < -0.4 is 5.56 Å². The van der Waals surface area contributed by atoms with Gasteiger partial charge in [0.25, 0.3) is 11.4 Å². The zero-order valence-electron chi connectivity index (χ0n) is 17.1. The molecule has 1 N–H and O–H groups in total. The Morgan fingerprint density at radius 2 is 1.94 bits per heavy atom. The normalized spacial score (nSPS) is 11.0. The summed E-state index contributed by atoms with van der Waals surface area (Å²) in [7, 11) is 0. The van der Waals surface area contributed by atoms with Crippen molar-refractivity contribution in [1.29, 1.82) is 0 Å². The van der Waals surface area contributed by atoms with Crippen LogP contribution in [0.5, 0.6) is 0 Å². The van der Waals surface area contributed by atoms with E-state index in [1.807, 2.05) is 24.4 Å². The molecule has 0 unspecified atom stereocenters. The molecule has 0 bridgehead atoms. The minimum absolute atomic E-state index is 0.0686. The number of hydrogen-bond acceptors (Lipinski definition) is 8. The third-order valence-electron chi connectivity index (χ3n) is 4.73. The molecule has 0 saturated carbocycles. The Labute approximate surface area is 185 Å². The molecule has 1 amide bonds. The highest BCUT2D eigenvalue weighted by Gasteiger charge is 2.21.